The van der Waals surface area contributed by atoms with E-state index >= 15 is 0 Å². The minimum atomic E-state index is 0.0654. The molecule has 130 valence electrons. The molecule has 1 saturated heterocycles. The summed E-state index contributed by atoms with van der Waals surface area (Å²) < 4.78 is 0. The SMILES string of the molecule is CCS[C@H]1CC[C@H](N(C)C(=O)c2cccc(N3CCCC3=O)c2)C1. The first-order valence-corrected chi connectivity index (χ1v) is 9.94. The van der Waals surface area contributed by atoms with Crippen LogP contribution in [-0.2, 0) is 4.79 Å². The zero-order valence-corrected chi connectivity index (χ0v) is 15.3. The Balaban J connectivity index is 1.69. The molecule has 1 saturated carbocycles. The third-order valence-corrected chi connectivity index (χ3v) is 6.34. The van der Waals surface area contributed by atoms with Gasteiger partial charge in [-0.05, 0) is 49.6 Å². The average molecular weight is 346 g/mol. The van der Waals surface area contributed by atoms with Gasteiger partial charge in [0.05, 0.1) is 0 Å². The molecular formula is C19H26N2O2S. The summed E-state index contributed by atoms with van der Waals surface area (Å²) in [4.78, 5) is 28.5. The molecule has 1 heterocycles. The minimum absolute atomic E-state index is 0.0654. The molecule has 0 bridgehead atoms. The molecule has 1 aromatic carbocycles. The topological polar surface area (TPSA) is 40.6 Å². The molecule has 2 amide bonds. The lowest BCUT2D eigenvalue weighted by Gasteiger charge is -2.25. The summed E-state index contributed by atoms with van der Waals surface area (Å²) in [6.45, 7) is 2.95. The molecular weight excluding hydrogens is 320 g/mol. The fraction of sp³-hybridized carbons (Fsp3) is 0.579. The number of nitrogens with zero attached hydrogens (tertiary/aromatic N) is 2. The normalized spacial score (nSPS) is 23.8. The maximum atomic E-state index is 12.9. The zero-order chi connectivity index (χ0) is 17.1. The Morgan fingerprint density at radius 3 is 2.92 bits per heavy atom. The Hall–Kier alpha value is -1.49. The first kappa shape index (κ1) is 17.3. The van der Waals surface area contributed by atoms with Gasteiger partial charge in [0, 0.05) is 42.6 Å². The first-order chi connectivity index (χ1) is 11.6. The van der Waals surface area contributed by atoms with Gasteiger partial charge in [-0.1, -0.05) is 13.0 Å². The van der Waals surface area contributed by atoms with E-state index in [1.165, 1.54) is 6.42 Å². The van der Waals surface area contributed by atoms with Crippen LogP contribution < -0.4 is 4.90 Å². The zero-order valence-electron chi connectivity index (χ0n) is 14.5. The summed E-state index contributed by atoms with van der Waals surface area (Å²) >= 11 is 2.00. The fourth-order valence-corrected chi connectivity index (χ4v) is 4.89. The van der Waals surface area contributed by atoms with E-state index < -0.39 is 0 Å². The first-order valence-electron chi connectivity index (χ1n) is 8.89. The minimum Gasteiger partial charge on any atom is -0.339 e. The Bertz CT molecular complexity index is 619. The molecule has 0 aromatic heterocycles. The summed E-state index contributed by atoms with van der Waals surface area (Å²) in [6, 6.07) is 7.86. The summed E-state index contributed by atoms with van der Waals surface area (Å²) in [5, 5.41) is 0.684. The van der Waals surface area contributed by atoms with Gasteiger partial charge in [0.25, 0.3) is 5.91 Å². The number of benzene rings is 1. The number of anilines is 1. The van der Waals surface area contributed by atoms with Crippen LogP contribution in [0.5, 0.6) is 0 Å². The monoisotopic (exact) mass is 346 g/mol. The predicted octanol–water partition coefficient (Wildman–Crippen LogP) is 3.56. The van der Waals surface area contributed by atoms with Gasteiger partial charge in [-0.25, -0.2) is 0 Å². The summed E-state index contributed by atoms with van der Waals surface area (Å²) in [5.41, 5.74) is 1.53. The molecule has 2 atom stereocenters. The van der Waals surface area contributed by atoms with Crippen LogP contribution >= 0.6 is 11.8 Å². The van der Waals surface area contributed by atoms with Crippen molar-refractivity contribution in [2.24, 2.45) is 0 Å². The van der Waals surface area contributed by atoms with Crippen molar-refractivity contribution >= 4 is 29.3 Å². The van der Waals surface area contributed by atoms with Crippen molar-refractivity contribution in [1.29, 1.82) is 0 Å². The van der Waals surface area contributed by atoms with Crippen LogP contribution in [0.1, 0.15) is 49.4 Å². The van der Waals surface area contributed by atoms with E-state index in [1.807, 2.05) is 48.0 Å². The molecule has 0 N–H and O–H groups in total. The second-order valence-electron chi connectivity index (χ2n) is 6.66. The Labute approximate surface area is 148 Å². The van der Waals surface area contributed by atoms with Gasteiger partial charge in [0.1, 0.15) is 0 Å². The quantitative estimate of drug-likeness (QED) is 0.818. The summed E-state index contributed by atoms with van der Waals surface area (Å²) in [6.07, 6.45) is 4.88. The van der Waals surface area contributed by atoms with E-state index in [0.717, 1.165) is 37.2 Å². The molecule has 2 fully saturated rings. The van der Waals surface area contributed by atoms with E-state index in [2.05, 4.69) is 6.92 Å². The van der Waals surface area contributed by atoms with Gasteiger partial charge >= 0.3 is 0 Å². The fourth-order valence-electron chi connectivity index (χ4n) is 3.75. The molecule has 3 rings (SSSR count). The highest BCUT2D eigenvalue weighted by molar-refractivity contribution is 7.99. The molecule has 2 aliphatic rings. The van der Waals surface area contributed by atoms with Crippen molar-refractivity contribution in [2.75, 3.05) is 24.2 Å². The van der Waals surface area contributed by atoms with E-state index in [1.54, 1.807) is 4.90 Å². The van der Waals surface area contributed by atoms with Gasteiger partial charge in [0.15, 0.2) is 0 Å². The number of carbonyl (C=O) groups is 2. The van der Waals surface area contributed by atoms with Crippen LogP contribution in [0.3, 0.4) is 0 Å². The van der Waals surface area contributed by atoms with Crippen molar-refractivity contribution < 1.29 is 9.59 Å². The molecule has 0 unspecified atom stereocenters. The Morgan fingerprint density at radius 2 is 2.21 bits per heavy atom. The molecule has 1 aliphatic heterocycles. The second-order valence-corrected chi connectivity index (χ2v) is 8.24. The largest absolute Gasteiger partial charge is 0.339 e. The van der Waals surface area contributed by atoms with Crippen molar-refractivity contribution in [3.63, 3.8) is 0 Å². The second kappa shape index (κ2) is 7.60. The molecule has 0 spiro atoms. The van der Waals surface area contributed by atoms with Crippen LogP contribution in [-0.4, -0.2) is 47.4 Å². The number of thioether (sulfide) groups is 1. The Kier molecular flexibility index (Phi) is 5.49. The van der Waals surface area contributed by atoms with Gasteiger partial charge in [-0.3, -0.25) is 9.59 Å². The summed E-state index contributed by atoms with van der Waals surface area (Å²) in [7, 11) is 1.92. The molecule has 1 aliphatic carbocycles. The van der Waals surface area contributed by atoms with Crippen LogP contribution in [0.25, 0.3) is 0 Å². The number of carbonyl (C=O) groups excluding carboxylic acids is 2. The lowest BCUT2D eigenvalue weighted by molar-refractivity contribution is -0.117. The van der Waals surface area contributed by atoms with E-state index in [-0.39, 0.29) is 11.8 Å². The highest BCUT2D eigenvalue weighted by Gasteiger charge is 2.30. The van der Waals surface area contributed by atoms with Crippen molar-refractivity contribution in [3.05, 3.63) is 29.8 Å². The highest BCUT2D eigenvalue weighted by atomic mass is 32.2. The molecule has 1 aromatic rings. The maximum absolute atomic E-state index is 12.9. The number of rotatable bonds is 5. The third kappa shape index (κ3) is 3.61. The smallest absolute Gasteiger partial charge is 0.253 e. The predicted molar refractivity (Wildman–Crippen MR) is 99.7 cm³/mol. The lowest BCUT2D eigenvalue weighted by atomic mass is 10.1. The van der Waals surface area contributed by atoms with E-state index in [0.29, 0.717) is 23.3 Å². The van der Waals surface area contributed by atoms with Gasteiger partial charge in [-0.15, -0.1) is 0 Å². The standard InChI is InChI=1S/C19H26N2O2S/c1-3-24-17-10-9-15(13-17)20(2)19(23)14-6-4-7-16(12-14)21-11-5-8-18(21)22/h4,6-7,12,15,17H,3,5,8-11,13H2,1-2H3/t15-,17-/m0/s1. The molecule has 4 nitrogen and oxygen atoms in total. The van der Waals surface area contributed by atoms with E-state index in [4.69, 9.17) is 0 Å². The number of amides is 2. The highest BCUT2D eigenvalue weighted by Crippen LogP contribution is 2.33. The summed E-state index contributed by atoms with van der Waals surface area (Å²) in [5.74, 6) is 1.36. The number of hydrogen-bond donors (Lipinski definition) is 0. The van der Waals surface area contributed by atoms with Crippen LogP contribution in [0.15, 0.2) is 24.3 Å². The maximum Gasteiger partial charge on any atom is 0.253 e. The van der Waals surface area contributed by atoms with Crippen LogP contribution in [0, 0.1) is 0 Å². The van der Waals surface area contributed by atoms with E-state index in [9.17, 15) is 9.59 Å². The van der Waals surface area contributed by atoms with Crippen molar-refractivity contribution in [3.8, 4) is 0 Å². The van der Waals surface area contributed by atoms with Gasteiger partial charge < -0.3 is 9.80 Å². The Morgan fingerprint density at radius 1 is 1.38 bits per heavy atom. The van der Waals surface area contributed by atoms with Crippen LogP contribution in [0.4, 0.5) is 5.69 Å². The third-order valence-electron chi connectivity index (χ3n) is 5.11. The number of hydrogen-bond acceptors (Lipinski definition) is 3. The van der Waals surface area contributed by atoms with Gasteiger partial charge in [0.2, 0.25) is 5.91 Å². The van der Waals surface area contributed by atoms with Crippen LogP contribution in [0.2, 0.25) is 0 Å². The lowest BCUT2D eigenvalue weighted by Crippen LogP contribution is -2.35. The molecule has 0 radical (unpaired) electrons. The van der Waals surface area contributed by atoms with Crippen molar-refractivity contribution in [2.45, 2.75) is 50.3 Å². The molecule has 5 heteroatoms. The molecule has 24 heavy (non-hydrogen) atoms. The van der Waals surface area contributed by atoms with Gasteiger partial charge in [-0.2, -0.15) is 11.8 Å². The average Bonchev–Trinajstić information content (AvgIpc) is 3.23. The van der Waals surface area contributed by atoms with Crippen molar-refractivity contribution in [1.82, 2.24) is 4.90 Å².